The highest BCUT2D eigenvalue weighted by Crippen LogP contribution is 2.30. The molecule has 2 unspecified atom stereocenters. The maximum atomic E-state index is 12.7. The molecule has 6 fully saturated rings. The lowest BCUT2D eigenvalue weighted by atomic mass is 9.96. The summed E-state index contributed by atoms with van der Waals surface area (Å²) in [6.45, 7) is 38.9. The second kappa shape index (κ2) is 41.3. The molecule has 2 saturated carbocycles. The minimum absolute atomic E-state index is 0.0223. The van der Waals surface area contributed by atoms with Gasteiger partial charge in [-0.25, -0.2) is 0 Å². The summed E-state index contributed by atoms with van der Waals surface area (Å²) in [5.74, 6) is -0.0960. The standard InChI is InChI=1S/C16H23N3O3.C15H23N3O2.C9H12.C5H12.4C4H10/c1-10(20)7-18-14-4-2-3-13(14)15(17)16(21)19-8-12-6-5-11(19)9-22-12;1-11(19)10-17-13-7-5-6-12(13)14(16)15(20)18-8-3-2-4-9-18;1-7-5-4-6-8(2)9(7)3;1-5(2,3)4;4*1-3-4-2/h11-12H,2-9,17H2,1H3;2-10,16H2,1H3;4-6H,1-3H3;1-4H3;4*3-4H2,1-2H3/b15-13-,18-14?;14-12-,17-13?;;;;;;. The Morgan fingerprint density at radius 3 is 1.29 bits per heavy atom. The van der Waals surface area contributed by atoms with Crippen LogP contribution in [0.3, 0.4) is 0 Å². The van der Waals surface area contributed by atoms with E-state index in [1.54, 1.807) is 0 Å². The third kappa shape index (κ3) is 31.5. The summed E-state index contributed by atoms with van der Waals surface area (Å²) in [4.78, 5) is 59.6. The van der Waals surface area contributed by atoms with Gasteiger partial charge in [0.2, 0.25) is 0 Å². The van der Waals surface area contributed by atoms with Crippen LogP contribution in [-0.2, 0) is 23.9 Å². The van der Waals surface area contributed by atoms with E-state index in [0.29, 0.717) is 30.0 Å². The first kappa shape index (κ1) is 70.0. The molecule has 1 aromatic carbocycles. The van der Waals surface area contributed by atoms with Gasteiger partial charge in [0.05, 0.1) is 31.8 Å². The van der Waals surface area contributed by atoms with Gasteiger partial charge in [0, 0.05) is 42.2 Å². The van der Waals surface area contributed by atoms with Crippen LogP contribution in [0, 0.1) is 26.2 Å². The number of nitrogens with two attached hydrogens (primary N) is 2. The number of amides is 2. The van der Waals surface area contributed by atoms with Crippen molar-refractivity contribution in [2.24, 2.45) is 26.9 Å². The molecule has 72 heavy (non-hydrogen) atoms. The Morgan fingerprint density at radius 1 is 0.597 bits per heavy atom. The van der Waals surface area contributed by atoms with Crippen LogP contribution in [0.1, 0.15) is 236 Å². The summed E-state index contributed by atoms with van der Waals surface area (Å²) in [5, 5.41) is 0. The smallest absolute Gasteiger partial charge is 0.270 e. The number of fused-ring (bicyclic) bond motifs is 3. The number of Topliss-reactive ketones (excluding diaryl/α,β-unsaturated/α-hetero) is 2. The highest BCUT2D eigenvalue weighted by molar-refractivity contribution is 6.10. The number of aryl methyl sites for hydroxylation is 2. The SMILES string of the molecule is CC(=O)CN=C1CCC/C1=C(/N)C(=O)N1CC2CCC1CO2.CC(=O)CN=C1CCC/C1=C(/N)C(=O)N1CCCCC1.CC(C)(C)C.CCCC.CCCC.CCCC.CCCC.Cc1cccc(C)c1C. The first-order chi connectivity index (χ1) is 34.0. The van der Waals surface area contributed by atoms with Crippen molar-refractivity contribution < 1.29 is 23.9 Å². The van der Waals surface area contributed by atoms with Crippen molar-refractivity contribution in [3.05, 3.63) is 57.4 Å². The fourth-order valence-corrected chi connectivity index (χ4v) is 7.18. The Balaban J connectivity index is 0. The van der Waals surface area contributed by atoms with Gasteiger partial charge >= 0.3 is 0 Å². The van der Waals surface area contributed by atoms with Crippen molar-refractivity contribution in [2.45, 2.75) is 252 Å². The number of rotatable bonds is 10. The van der Waals surface area contributed by atoms with Crippen LogP contribution in [0.4, 0.5) is 0 Å². The zero-order valence-electron chi connectivity index (χ0n) is 49.5. The van der Waals surface area contributed by atoms with Crippen molar-refractivity contribution in [3.63, 3.8) is 0 Å². The molecular weight excluding hydrogens is 897 g/mol. The molecule has 4 saturated heterocycles. The molecule has 0 radical (unpaired) electrons. The van der Waals surface area contributed by atoms with E-state index in [4.69, 9.17) is 16.2 Å². The van der Waals surface area contributed by atoms with E-state index in [-0.39, 0.29) is 48.6 Å². The number of carbonyl (C=O) groups is 4. The van der Waals surface area contributed by atoms with Gasteiger partial charge in [-0.05, 0) is 127 Å². The number of allylic oxidation sites excluding steroid dienone is 2. The minimum Gasteiger partial charge on any atom is -0.394 e. The Bertz CT molecular complexity index is 1760. The zero-order chi connectivity index (χ0) is 55.2. The Hall–Kier alpha value is -4.12. The second-order valence-electron chi connectivity index (χ2n) is 21.4. The average molecular weight is 1010 g/mol. The number of ketones is 2. The molecule has 6 aliphatic rings. The van der Waals surface area contributed by atoms with E-state index in [9.17, 15) is 19.2 Å². The number of hydrogen-bond donors (Lipinski definition) is 2. The van der Waals surface area contributed by atoms with Gasteiger partial charge in [0.1, 0.15) is 11.4 Å². The van der Waals surface area contributed by atoms with Crippen LogP contribution in [-0.4, -0.2) is 96.1 Å². The molecule has 2 bridgehead atoms. The maximum absolute atomic E-state index is 12.7. The molecule has 0 spiro atoms. The van der Waals surface area contributed by atoms with Crippen molar-refractivity contribution in [3.8, 4) is 0 Å². The molecular formula is C61H110N6O5. The van der Waals surface area contributed by atoms with Crippen LogP contribution in [0.2, 0.25) is 0 Å². The summed E-state index contributed by atoms with van der Waals surface area (Å²) < 4.78 is 5.64. The molecule has 2 aliphatic carbocycles. The van der Waals surface area contributed by atoms with Gasteiger partial charge in [-0.2, -0.15) is 0 Å². The molecule has 11 heteroatoms. The molecule has 7 rings (SSSR count). The number of aliphatic imine (C=N–C) groups is 2. The number of likely N-dealkylation sites (tertiary alicyclic amines) is 1. The fraction of sp³-hybridized carbons (Fsp3) is 0.738. The van der Waals surface area contributed by atoms with E-state index in [0.717, 1.165) is 99.9 Å². The topological polar surface area (TPSA) is 161 Å². The molecule has 1 aromatic rings. The monoisotopic (exact) mass is 1010 g/mol. The van der Waals surface area contributed by atoms with Gasteiger partial charge < -0.3 is 26.0 Å². The lowest BCUT2D eigenvalue weighted by Crippen LogP contribution is -2.57. The number of piperidine rings is 2. The summed E-state index contributed by atoms with van der Waals surface area (Å²) in [5.41, 5.74) is 21.0. The quantitative estimate of drug-likeness (QED) is 0.221. The van der Waals surface area contributed by atoms with Crippen molar-refractivity contribution >= 4 is 34.8 Å². The van der Waals surface area contributed by atoms with E-state index >= 15 is 0 Å². The highest BCUT2D eigenvalue weighted by Gasteiger charge is 2.39. The molecule has 0 aromatic heterocycles. The van der Waals surface area contributed by atoms with Gasteiger partial charge in [-0.15, -0.1) is 0 Å². The van der Waals surface area contributed by atoms with E-state index in [2.05, 4.69) is 132 Å². The summed E-state index contributed by atoms with van der Waals surface area (Å²) in [7, 11) is 0. The molecule has 11 nitrogen and oxygen atoms in total. The van der Waals surface area contributed by atoms with Crippen molar-refractivity contribution in [1.82, 2.24) is 9.80 Å². The normalized spacial score (nSPS) is 20.1. The summed E-state index contributed by atoms with van der Waals surface area (Å²) >= 11 is 0. The van der Waals surface area contributed by atoms with Crippen LogP contribution in [0.25, 0.3) is 0 Å². The number of hydrogen-bond acceptors (Lipinski definition) is 9. The van der Waals surface area contributed by atoms with Gasteiger partial charge in [-0.1, -0.05) is 153 Å². The third-order valence-corrected chi connectivity index (χ3v) is 12.4. The summed E-state index contributed by atoms with van der Waals surface area (Å²) in [6.07, 6.45) is 21.1. The van der Waals surface area contributed by atoms with Crippen molar-refractivity contribution in [2.75, 3.05) is 39.3 Å². The molecule has 2 atom stereocenters. The molecule has 2 amide bonds. The first-order valence-corrected chi connectivity index (χ1v) is 28.3. The van der Waals surface area contributed by atoms with Gasteiger partial charge in [0.25, 0.3) is 11.8 Å². The zero-order valence-corrected chi connectivity index (χ0v) is 49.5. The number of benzene rings is 1. The van der Waals surface area contributed by atoms with Crippen LogP contribution >= 0.6 is 0 Å². The minimum atomic E-state index is -0.0922. The number of carbonyl (C=O) groups excluding carboxylic acids is 4. The third-order valence-electron chi connectivity index (χ3n) is 12.4. The fourth-order valence-electron chi connectivity index (χ4n) is 7.18. The number of ether oxygens (including phenoxy) is 1. The van der Waals surface area contributed by atoms with Gasteiger partial charge in [0.15, 0.2) is 11.6 Å². The predicted molar refractivity (Wildman–Crippen MR) is 309 cm³/mol. The maximum Gasteiger partial charge on any atom is 0.270 e. The molecule has 414 valence electrons. The van der Waals surface area contributed by atoms with Crippen LogP contribution in [0.5, 0.6) is 0 Å². The lowest BCUT2D eigenvalue weighted by Gasteiger charge is -2.45. The first-order valence-electron chi connectivity index (χ1n) is 28.3. The predicted octanol–water partition coefficient (Wildman–Crippen LogP) is 14.1. The van der Waals surface area contributed by atoms with Crippen LogP contribution in [0.15, 0.2) is 50.7 Å². The number of nitrogens with zero attached hydrogens (tertiary/aromatic N) is 4. The molecule has 4 heterocycles. The van der Waals surface area contributed by atoms with E-state index in [1.807, 2.05) is 9.80 Å². The van der Waals surface area contributed by atoms with Crippen molar-refractivity contribution in [1.29, 1.82) is 0 Å². The molecule has 4 aliphatic heterocycles. The second-order valence-corrected chi connectivity index (χ2v) is 21.4. The highest BCUT2D eigenvalue weighted by atomic mass is 16.5. The summed E-state index contributed by atoms with van der Waals surface area (Å²) in [6, 6.07) is 6.53. The van der Waals surface area contributed by atoms with Gasteiger partial charge in [-0.3, -0.25) is 29.2 Å². The van der Waals surface area contributed by atoms with E-state index in [1.165, 1.54) is 88.3 Å². The number of morpholine rings is 1. The lowest BCUT2D eigenvalue weighted by molar-refractivity contribution is -0.150. The largest absolute Gasteiger partial charge is 0.394 e. The Kier molecular flexibility index (Phi) is 40.1. The Morgan fingerprint density at radius 2 is 0.986 bits per heavy atom. The van der Waals surface area contributed by atoms with Crippen LogP contribution < -0.4 is 11.5 Å². The van der Waals surface area contributed by atoms with E-state index < -0.39 is 0 Å². The average Bonchev–Trinajstić information content (AvgIpc) is 4.07. The number of unbranched alkanes of at least 4 members (excludes halogenated alkanes) is 4. The molecule has 4 N–H and O–H groups in total. The Labute approximate surface area is 442 Å².